The van der Waals surface area contributed by atoms with Gasteiger partial charge in [-0.1, -0.05) is 0 Å². The zero-order valence-electron chi connectivity index (χ0n) is 13.9. The van der Waals surface area contributed by atoms with Gasteiger partial charge in [0, 0.05) is 39.3 Å². The van der Waals surface area contributed by atoms with E-state index in [0.29, 0.717) is 5.92 Å². The van der Waals surface area contributed by atoms with Gasteiger partial charge in [-0.15, -0.1) is 0 Å². The topological polar surface area (TPSA) is 44.8 Å². The van der Waals surface area contributed by atoms with Crippen LogP contribution in [-0.2, 0) is 4.74 Å². The predicted molar refractivity (Wildman–Crippen MR) is 84.5 cm³/mol. The molecule has 0 spiro atoms. The fraction of sp³-hybridized carbons (Fsp3) is 0.938. The molecule has 2 fully saturated rings. The highest BCUT2D eigenvalue weighted by Crippen LogP contribution is 2.22. The molecule has 0 bridgehead atoms. The van der Waals surface area contributed by atoms with E-state index in [9.17, 15) is 4.79 Å². The highest BCUT2D eigenvalue weighted by Gasteiger charge is 2.27. The number of piperazine rings is 1. The fourth-order valence-electron chi connectivity index (χ4n) is 3.09. The van der Waals surface area contributed by atoms with Crippen molar-refractivity contribution in [3.8, 4) is 0 Å². The quantitative estimate of drug-likeness (QED) is 0.864. The first-order valence-electron chi connectivity index (χ1n) is 8.35. The van der Waals surface area contributed by atoms with Crippen LogP contribution >= 0.6 is 0 Å². The van der Waals surface area contributed by atoms with Crippen LogP contribution in [0.15, 0.2) is 0 Å². The van der Waals surface area contributed by atoms with Crippen LogP contribution in [-0.4, -0.2) is 67.3 Å². The SMILES string of the molecule is CC(C)(C)OC(=O)N1CCCC(CCN2CCNCC2)C1. The maximum atomic E-state index is 12.2. The summed E-state index contributed by atoms with van der Waals surface area (Å²) in [6, 6.07) is 0. The van der Waals surface area contributed by atoms with E-state index >= 15 is 0 Å². The molecule has 1 N–H and O–H groups in total. The van der Waals surface area contributed by atoms with Gasteiger partial charge in [0.2, 0.25) is 0 Å². The van der Waals surface area contributed by atoms with Crippen LogP contribution in [0, 0.1) is 5.92 Å². The maximum absolute atomic E-state index is 12.2. The molecular formula is C16H31N3O2. The Morgan fingerprint density at radius 3 is 2.62 bits per heavy atom. The Bertz CT molecular complexity index is 335. The van der Waals surface area contributed by atoms with E-state index in [2.05, 4.69) is 10.2 Å². The minimum absolute atomic E-state index is 0.144. The molecule has 5 nitrogen and oxygen atoms in total. The van der Waals surface area contributed by atoms with Gasteiger partial charge in [-0.25, -0.2) is 4.79 Å². The van der Waals surface area contributed by atoms with E-state index in [1.165, 1.54) is 12.8 Å². The molecule has 0 aliphatic carbocycles. The number of piperidine rings is 1. The molecule has 1 amide bonds. The Balaban J connectivity index is 1.73. The van der Waals surface area contributed by atoms with Gasteiger partial charge in [0.15, 0.2) is 0 Å². The van der Waals surface area contributed by atoms with Gasteiger partial charge < -0.3 is 19.9 Å². The first-order chi connectivity index (χ1) is 9.94. The van der Waals surface area contributed by atoms with E-state index in [4.69, 9.17) is 4.74 Å². The van der Waals surface area contributed by atoms with Crippen molar-refractivity contribution in [1.29, 1.82) is 0 Å². The van der Waals surface area contributed by atoms with Crippen LogP contribution in [0.3, 0.4) is 0 Å². The molecule has 2 rings (SSSR count). The Kier molecular flexibility index (Phi) is 5.88. The van der Waals surface area contributed by atoms with Gasteiger partial charge in [0.05, 0.1) is 0 Å². The summed E-state index contributed by atoms with van der Waals surface area (Å²) in [5.41, 5.74) is -0.398. The van der Waals surface area contributed by atoms with Crippen LogP contribution in [0.25, 0.3) is 0 Å². The van der Waals surface area contributed by atoms with Gasteiger partial charge in [-0.05, 0) is 52.5 Å². The summed E-state index contributed by atoms with van der Waals surface area (Å²) < 4.78 is 5.49. The van der Waals surface area contributed by atoms with Crippen molar-refractivity contribution in [3.05, 3.63) is 0 Å². The van der Waals surface area contributed by atoms with Crippen molar-refractivity contribution < 1.29 is 9.53 Å². The lowest BCUT2D eigenvalue weighted by Gasteiger charge is -2.35. The van der Waals surface area contributed by atoms with Crippen molar-refractivity contribution in [1.82, 2.24) is 15.1 Å². The van der Waals surface area contributed by atoms with Crippen LogP contribution in [0.4, 0.5) is 4.79 Å². The van der Waals surface area contributed by atoms with Gasteiger partial charge in [-0.3, -0.25) is 0 Å². The van der Waals surface area contributed by atoms with Crippen molar-refractivity contribution >= 4 is 6.09 Å². The molecule has 0 radical (unpaired) electrons. The van der Waals surface area contributed by atoms with Crippen molar-refractivity contribution in [2.45, 2.75) is 45.6 Å². The highest BCUT2D eigenvalue weighted by atomic mass is 16.6. The predicted octanol–water partition coefficient (Wildman–Crippen LogP) is 1.93. The second kappa shape index (κ2) is 7.45. The van der Waals surface area contributed by atoms with E-state index in [-0.39, 0.29) is 6.09 Å². The van der Waals surface area contributed by atoms with Gasteiger partial charge in [0.25, 0.3) is 0 Å². The molecule has 122 valence electrons. The lowest BCUT2D eigenvalue weighted by molar-refractivity contribution is 0.0156. The van der Waals surface area contributed by atoms with Crippen molar-refractivity contribution in [2.75, 3.05) is 45.8 Å². The molecule has 2 saturated heterocycles. The third-order valence-corrected chi connectivity index (χ3v) is 4.23. The number of hydrogen-bond donors (Lipinski definition) is 1. The number of nitrogens with zero attached hydrogens (tertiary/aromatic N) is 2. The molecule has 2 aliphatic heterocycles. The molecule has 0 aromatic heterocycles. The van der Waals surface area contributed by atoms with Crippen LogP contribution in [0.2, 0.25) is 0 Å². The second-order valence-corrected chi connectivity index (χ2v) is 7.31. The second-order valence-electron chi connectivity index (χ2n) is 7.31. The summed E-state index contributed by atoms with van der Waals surface area (Å²) in [6.07, 6.45) is 3.39. The van der Waals surface area contributed by atoms with Crippen LogP contribution in [0.5, 0.6) is 0 Å². The molecule has 0 aromatic carbocycles. The van der Waals surface area contributed by atoms with Crippen LogP contribution < -0.4 is 5.32 Å². The first-order valence-corrected chi connectivity index (χ1v) is 8.35. The average Bonchev–Trinajstić information content (AvgIpc) is 2.45. The third-order valence-electron chi connectivity index (χ3n) is 4.23. The van der Waals surface area contributed by atoms with Crippen molar-refractivity contribution in [3.63, 3.8) is 0 Å². The van der Waals surface area contributed by atoms with E-state index < -0.39 is 5.60 Å². The van der Waals surface area contributed by atoms with E-state index in [1.807, 2.05) is 25.7 Å². The normalized spacial score (nSPS) is 24.9. The minimum Gasteiger partial charge on any atom is -0.444 e. The van der Waals surface area contributed by atoms with Gasteiger partial charge in [0.1, 0.15) is 5.60 Å². The number of nitrogens with one attached hydrogen (secondary N) is 1. The standard InChI is InChI=1S/C16H31N3O2/c1-16(2,3)21-15(20)19-9-4-5-14(13-19)6-10-18-11-7-17-8-12-18/h14,17H,4-13H2,1-3H3. The molecule has 0 aromatic rings. The molecule has 2 aliphatic rings. The smallest absolute Gasteiger partial charge is 0.410 e. The molecule has 2 heterocycles. The Morgan fingerprint density at radius 1 is 1.24 bits per heavy atom. The molecule has 21 heavy (non-hydrogen) atoms. The number of carbonyl (C=O) groups is 1. The third kappa shape index (κ3) is 5.83. The molecule has 0 saturated carbocycles. The monoisotopic (exact) mass is 297 g/mol. The minimum atomic E-state index is -0.398. The Morgan fingerprint density at radius 2 is 1.95 bits per heavy atom. The molecule has 5 heteroatoms. The number of carbonyl (C=O) groups excluding carboxylic acids is 1. The Labute approximate surface area is 129 Å². The zero-order valence-corrected chi connectivity index (χ0v) is 13.9. The van der Waals surface area contributed by atoms with Crippen LogP contribution in [0.1, 0.15) is 40.0 Å². The summed E-state index contributed by atoms with van der Waals surface area (Å²) in [4.78, 5) is 16.6. The lowest BCUT2D eigenvalue weighted by Crippen LogP contribution is -2.46. The van der Waals surface area contributed by atoms with Gasteiger partial charge >= 0.3 is 6.09 Å². The lowest BCUT2D eigenvalue weighted by atomic mass is 9.94. The van der Waals surface area contributed by atoms with E-state index in [0.717, 1.165) is 52.2 Å². The molecular weight excluding hydrogens is 266 g/mol. The number of amides is 1. The number of rotatable bonds is 3. The maximum Gasteiger partial charge on any atom is 0.410 e. The fourth-order valence-corrected chi connectivity index (χ4v) is 3.09. The molecule has 1 unspecified atom stereocenters. The molecule has 1 atom stereocenters. The highest BCUT2D eigenvalue weighted by molar-refractivity contribution is 5.68. The summed E-state index contributed by atoms with van der Waals surface area (Å²) in [6.45, 7) is 13.2. The summed E-state index contributed by atoms with van der Waals surface area (Å²) >= 11 is 0. The number of ether oxygens (including phenoxy) is 1. The van der Waals surface area contributed by atoms with E-state index in [1.54, 1.807) is 0 Å². The first kappa shape index (κ1) is 16.6. The summed E-state index contributed by atoms with van der Waals surface area (Å²) in [7, 11) is 0. The number of hydrogen-bond acceptors (Lipinski definition) is 4. The zero-order chi connectivity index (χ0) is 15.3. The average molecular weight is 297 g/mol. The Hall–Kier alpha value is -0.810. The summed E-state index contributed by atoms with van der Waals surface area (Å²) in [5.74, 6) is 0.626. The number of likely N-dealkylation sites (tertiary alicyclic amines) is 1. The van der Waals surface area contributed by atoms with Crippen molar-refractivity contribution in [2.24, 2.45) is 5.92 Å². The largest absolute Gasteiger partial charge is 0.444 e. The van der Waals surface area contributed by atoms with Gasteiger partial charge in [-0.2, -0.15) is 0 Å². The summed E-state index contributed by atoms with van der Waals surface area (Å²) in [5, 5.41) is 3.39.